The standard InChI is InChI=1S/C49H68N8O7/c1-10-41(58)55-23-19-34(27-55)46(60)53(8)43(30(3)4)45(59)51-39-28-54-22-18-33(26-54)32-16-17-40-36(24-32)37(44(56(40)11-2)35-14-12-20-50-42(35)31(5)63-9)25-49(6,7)29-64-48(62)38-15-13-21-57(52-38)47(39)61/h10,12,14,16-17,20,24,30-31,33-34,38-39,43,52H,1,11,13,15,18-19,21-23,25-29H2,2-9H3,(H,51,59)/t31?,33?,34-,38-,39?,43?/m0/s1. The van der Waals surface area contributed by atoms with Crippen LogP contribution in [0.1, 0.15) is 96.1 Å². The summed E-state index contributed by atoms with van der Waals surface area (Å²) in [5, 5.41) is 5.71. The number of carbonyl (C=O) groups excluding carboxylic acids is 5. The third-order valence-corrected chi connectivity index (χ3v) is 13.8. The summed E-state index contributed by atoms with van der Waals surface area (Å²) in [6.45, 7) is 19.4. The van der Waals surface area contributed by atoms with Gasteiger partial charge in [-0.3, -0.25) is 34.0 Å². The number of benzene rings is 1. The average Bonchev–Trinajstić information content (AvgIpc) is 4.05. The average molecular weight is 881 g/mol. The van der Waals surface area contributed by atoms with Crippen LogP contribution in [0.25, 0.3) is 22.2 Å². The highest BCUT2D eigenvalue weighted by Crippen LogP contribution is 2.42. The second-order valence-corrected chi connectivity index (χ2v) is 19.3. The van der Waals surface area contributed by atoms with E-state index in [-0.39, 0.29) is 55.4 Å². The molecule has 3 aromatic rings. The van der Waals surface area contributed by atoms with Crippen LogP contribution in [0.5, 0.6) is 0 Å². The number of methoxy groups -OCH3 is 1. The molecular weight excluding hydrogens is 813 g/mol. The lowest BCUT2D eigenvalue weighted by Gasteiger charge is -2.37. The largest absolute Gasteiger partial charge is 0.464 e. The molecule has 0 radical (unpaired) electrons. The molecule has 7 rings (SSSR count). The van der Waals surface area contributed by atoms with Crippen LogP contribution < -0.4 is 10.7 Å². The minimum Gasteiger partial charge on any atom is -0.464 e. The first-order valence-electron chi connectivity index (χ1n) is 23.1. The predicted molar refractivity (Wildman–Crippen MR) is 245 cm³/mol. The van der Waals surface area contributed by atoms with E-state index >= 15 is 0 Å². The van der Waals surface area contributed by atoms with E-state index in [2.05, 4.69) is 71.8 Å². The van der Waals surface area contributed by atoms with E-state index in [0.29, 0.717) is 51.9 Å². The molecule has 2 aromatic heterocycles. The number of aryl methyl sites for hydroxylation is 1. The summed E-state index contributed by atoms with van der Waals surface area (Å²) in [4.78, 5) is 79.3. The van der Waals surface area contributed by atoms with E-state index in [1.54, 1.807) is 19.1 Å². The summed E-state index contributed by atoms with van der Waals surface area (Å²) in [6, 6.07) is 8.28. The van der Waals surface area contributed by atoms with Gasteiger partial charge in [-0.05, 0) is 106 Å². The van der Waals surface area contributed by atoms with Crippen LogP contribution >= 0.6 is 0 Å². The molecule has 0 aliphatic carbocycles. The first-order chi connectivity index (χ1) is 30.5. The number of fused-ring (bicyclic) bond motifs is 6. The minimum absolute atomic E-state index is 0.160. The van der Waals surface area contributed by atoms with Crippen molar-refractivity contribution in [1.82, 2.24) is 40.0 Å². The minimum atomic E-state index is -0.971. The van der Waals surface area contributed by atoms with Gasteiger partial charge in [0.1, 0.15) is 18.1 Å². The number of nitrogens with zero attached hydrogens (tertiary/aromatic N) is 6. The zero-order valence-corrected chi connectivity index (χ0v) is 39.0. The molecule has 2 N–H and O–H groups in total. The Morgan fingerprint density at radius 1 is 1.08 bits per heavy atom. The number of ether oxygens (including phenoxy) is 2. The molecule has 15 heteroatoms. The molecule has 346 valence electrons. The number of likely N-dealkylation sites (tertiary alicyclic amines) is 1. The molecule has 4 aliphatic rings. The van der Waals surface area contributed by atoms with Gasteiger partial charge in [0.05, 0.1) is 30.0 Å². The normalized spacial score (nSPS) is 24.9. The third-order valence-electron chi connectivity index (χ3n) is 13.8. The van der Waals surface area contributed by atoms with Gasteiger partial charge >= 0.3 is 5.97 Å². The second-order valence-electron chi connectivity index (χ2n) is 19.3. The fourth-order valence-corrected chi connectivity index (χ4v) is 10.4. The SMILES string of the molecule is C=CC(=O)N1CC[C@H](C(=O)N(C)C(C(=O)NC2CN3CCC(C3)c3ccc4c(c3)c(c(-c3cccnc3C(C)OC)n4CC)CC(C)(C)COC(=O)[C@@H]3CCCN(N3)C2=O)C(C)C)C1. The van der Waals surface area contributed by atoms with Crippen molar-refractivity contribution >= 4 is 40.5 Å². The molecule has 4 aliphatic heterocycles. The molecule has 5 unspecified atom stereocenters. The van der Waals surface area contributed by atoms with Gasteiger partial charge in [-0.2, -0.15) is 0 Å². The van der Waals surface area contributed by atoms with Gasteiger partial charge in [0.25, 0.3) is 5.91 Å². The number of carbonyl (C=O) groups is 5. The van der Waals surface area contributed by atoms with Gasteiger partial charge in [-0.1, -0.05) is 40.3 Å². The van der Waals surface area contributed by atoms with E-state index in [1.807, 2.05) is 33.0 Å². The monoisotopic (exact) mass is 881 g/mol. The Morgan fingerprint density at radius 2 is 1.86 bits per heavy atom. The number of likely N-dealkylation sites (N-methyl/N-ethyl adjacent to an activating group) is 1. The summed E-state index contributed by atoms with van der Waals surface area (Å²) >= 11 is 0. The van der Waals surface area contributed by atoms with Crippen molar-refractivity contribution in [1.29, 1.82) is 0 Å². The molecule has 1 aromatic carbocycles. The van der Waals surface area contributed by atoms with Gasteiger partial charge in [0, 0.05) is 81.5 Å². The number of nitrogens with one attached hydrogen (secondary N) is 2. The van der Waals surface area contributed by atoms with Crippen molar-refractivity contribution in [2.45, 2.75) is 110 Å². The Bertz CT molecular complexity index is 2250. The van der Waals surface area contributed by atoms with Crippen LogP contribution in [0.2, 0.25) is 0 Å². The number of hydrogen-bond acceptors (Lipinski definition) is 10. The topological polar surface area (TPSA) is 159 Å². The first kappa shape index (κ1) is 46.9. The van der Waals surface area contributed by atoms with Gasteiger partial charge in [0.15, 0.2) is 0 Å². The molecular formula is C49H68N8O7. The number of hydrazine groups is 1. The number of amides is 4. The van der Waals surface area contributed by atoms with Gasteiger partial charge < -0.3 is 34.1 Å². The van der Waals surface area contributed by atoms with E-state index < -0.39 is 41.3 Å². The van der Waals surface area contributed by atoms with E-state index in [0.717, 1.165) is 40.8 Å². The molecule has 4 amide bonds. The molecule has 3 fully saturated rings. The van der Waals surface area contributed by atoms with Crippen molar-refractivity contribution in [3.63, 3.8) is 0 Å². The Hall–Kier alpha value is -5.12. The molecule has 6 heterocycles. The van der Waals surface area contributed by atoms with Crippen molar-refractivity contribution in [3.8, 4) is 11.3 Å². The number of rotatable bonds is 10. The number of aromatic nitrogens is 2. The molecule has 0 saturated carbocycles. The Labute approximate surface area is 377 Å². The van der Waals surface area contributed by atoms with Crippen molar-refractivity contribution in [3.05, 3.63) is 66.0 Å². The summed E-state index contributed by atoms with van der Waals surface area (Å²) in [5.41, 5.74) is 9.15. The lowest BCUT2D eigenvalue weighted by Crippen LogP contribution is -2.63. The number of cyclic esters (lactones) is 1. The molecule has 15 nitrogen and oxygen atoms in total. The summed E-state index contributed by atoms with van der Waals surface area (Å²) in [7, 11) is 3.32. The third kappa shape index (κ3) is 9.62. The number of hydrogen-bond donors (Lipinski definition) is 2. The summed E-state index contributed by atoms with van der Waals surface area (Å²) < 4.78 is 14.3. The van der Waals surface area contributed by atoms with Crippen molar-refractivity contribution in [2.75, 3.05) is 60.0 Å². The highest BCUT2D eigenvalue weighted by molar-refractivity contribution is 5.95. The highest BCUT2D eigenvalue weighted by Gasteiger charge is 2.41. The lowest BCUT2D eigenvalue weighted by atomic mass is 9.84. The van der Waals surface area contributed by atoms with Crippen LogP contribution in [-0.4, -0.2) is 137 Å². The maximum absolute atomic E-state index is 14.6. The van der Waals surface area contributed by atoms with Crippen LogP contribution in [0.4, 0.5) is 0 Å². The van der Waals surface area contributed by atoms with Gasteiger partial charge in [-0.25, -0.2) is 5.43 Å². The van der Waals surface area contributed by atoms with Crippen LogP contribution in [0, 0.1) is 17.3 Å². The van der Waals surface area contributed by atoms with Crippen LogP contribution in [-0.2, 0) is 46.4 Å². The molecule has 7 atom stereocenters. The first-order valence-corrected chi connectivity index (χ1v) is 23.1. The quantitative estimate of drug-likeness (QED) is 0.213. The Kier molecular flexibility index (Phi) is 14.3. The summed E-state index contributed by atoms with van der Waals surface area (Å²) in [6.07, 6.45) is 5.87. The zero-order chi connectivity index (χ0) is 46.0. The van der Waals surface area contributed by atoms with E-state index in [4.69, 9.17) is 14.5 Å². The lowest BCUT2D eigenvalue weighted by molar-refractivity contribution is -0.155. The summed E-state index contributed by atoms with van der Waals surface area (Å²) in [5.74, 6) is -2.21. The second kappa shape index (κ2) is 19.5. The molecule has 3 saturated heterocycles. The van der Waals surface area contributed by atoms with Gasteiger partial charge in [-0.15, -0.1) is 0 Å². The van der Waals surface area contributed by atoms with Crippen molar-refractivity contribution in [2.24, 2.45) is 17.3 Å². The fraction of sp³-hybridized carbons (Fsp3) is 0.592. The van der Waals surface area contributed by atoms with Gasteiger partial charge in [0.2, 0.25) is 17.7 Å². The Balaban J connectivity index is 1.23. The fourth-order valence-electron chi connectivity index (χ4n) is 10.4. The highest BCUT2D eigenvalue weighted by atomic mass is 16.5. The molecule has 0 spiro atoms. The predicted octanol–water partition coefficient (Wildman–Crippen LogP) is 4.84. The number of esters is 1. The van der Waals surface area contributed by atoms with Crippen LogP contribution in [0.3, 0.4) is 0 Å². The molecule has 6 bridgehead atoms. The van der Waals surface area contributed by atoms with E-state index in [9.17, 15) is 24.0 Å². The molecule has 64 heavy (non-hydrogen) atoms. The van der Waals surface area contributed by atoms with Crippen molar-refractivity contribution < 1.29 is 33.4 Å². The number of pyridine rings is 1. The smallest absolute Gasteiger partial charge is 0.324 e. The maximum Gasteiger partial charge on any atom is 0.324 e. The Morgan fingerprint density at radius 3 is 2.58 bits per heavy atom. The van der Waals surface area contributed by atoms with E-state index in [1.165, 1.54) is 27.1 Å². The zero-order valence-electron chi connectivity index (χ0n) is 39.0. The maximum atomic E-state index is 14.6. The van der Waals surface area contributed by atoms with Crippen LogP contribution in [0.15, 0.2) is 49.2 Å².